The molecule has 2 aliphatic rings. The lowest BCUT2D eigenvalue weighted by Gasteiger charge is -2.47. The molecule has 5 amide bonds. The van der Waals surface area contributed by atoms with Crippen molar-refractivity contribution < 1.29 is 28.7 Å². The van der Waals surface area contributed by atoms with E-state index in [-0.39, 0.29) is 24.3 Å². The summed E-state index contributed by atoms with van der Waals surface area (Å²) in [5, 5.41) is 5.85. The van der Waals surface area contributed by atoms with E-state index in [4.69, 9.17) is 9.47 Å². The van der Waals surface area contributed by atoms with Crippen molar-refractivity contribution >= 4 is 35.1 Å². The van der Waals surface area contributed by atoms with Crippen LogP contribution >= 0.6 is 0 Å². The van der Waals surface area contributed by atoms with Crippen molar-refractivity contribution in [2.75, 3.05) is 37.5 Å². The number of amides is 5. The third kappa shape index (κ3) is 6.80. The number of fused-ring (bicyclic) bond motifs is 1. The lowest BCUT2D eigenvalue weighted by Crippen LogP contribution is -2.65. The van der Waals surface area contributed by atoms with Crippen LogP contribution < -0.4 is 25.0 Å². The summed E-state index contributed by atoms with van der Waals surface area (Å²) in [7, 11) is 3.10. The summed E-state index contributed by atoms with van der Waals surface area (Å²) in [6.45, 7) is 0.221. The monoisotopic (exact) mass is 584 g/mol. The number of ether oxygens (including phenoxy) is 2. The molecule has 5 rings (SSSR count). The Labute approximate surface area is 251 Å². The molecule has 1 aliphatic heterocycles. The molecule has 224 valence electrons. The number of rotatable bonds is 10. The van der Waals surface area contributed by atoms with Crippen LogP contribution in [0.1, 0.15) is 24.8 Å². The number of hydrogen-bond donors (Lipinski definition) is 2. The van der Waals surface area contributed by atoms with Crippen LogP contribution in [0.4, 0.5) is 16.2 Å². The first kappa shape index (κ1) is 29.6. The lowest BCUT2D eigenvalue weighted by molar-refractivity contribution is -0.133. The van der Waals surface area contributed by atoms with Gasteiger partial charge in [-0.15, -0.1) is 0 Å². The van der Waals surface area contributed by atoms with Crippen LogP contribution in [0.15, 0.2) is 78.9 Å². The molecule has 0 spiro atoms. The van der Waals surface area contributed by atoms with Crippen LogP contribution in [0.5, 0.6) is 11.5 Å². The molecule has 1 saturated heterocycles. The molecule has 2 N–H and O–H groups in total. The van der Waals surface area contributed by atoms with Gasteiger partial charge >= 0.3 is 6.03 Å². The second-order valence-electron chi connectivity index (χ2n) is 10.8. The molecule has 3 aromatic carbocycles. The van der Waals surface area contributed by atoms with E-state index in [0.29, 0.717) is 55.1 Å². The van der Waals surface area contributed by atoms with Gasteiger partial charge in [0.15, 0.2) is 0 Å². The predicted molar refractivity (Wildman–Crippen MR) is 162 cm³/mol. The van der Waals surface area contributed by atoms with Crippen molar-refractivity contribution in [3.8, 4) is 11.5 Å². The lowest BCUT2D eigenvalue weighted by atomic mass is 9.75. The number of carbonyl (C=O) groups excluding carboxylic acids is 4. The van der Waals surface area contributed by atoms with Crippen molar-refractivity contribution in [2.45, 2.75) is 31.7 Å². The van der Waals surface area contributed by atoms with Crippen LogP contribution in [0, 0.1) is 11.8 Å². The Bertz CT molecular complexity index is 1440. The maximum atomic E-state index is 13.9. The molecule has 1 aliphatic carbocycles. The van der Waals surface area contributed by atoms with E-state index < -0.39 is 23.9 Å². The van der Waals surface area contributed by atoms with Gasteiger partial charge in [-0.25, -0.2) is 9.69 Å². The van der Waals surface area contributed by atoms with E-state index in [2.05, 4.69) is 10.6 Å². The van der Waals surface area contributed by atoms with Crippen LogP contribution in [-0.4, -0.2) is 62.0 Å². The van der Waals surface area contributed by atoms with Crippen molar-refractivity contribution in [1.82, 2.24) is 10.2 Å². The van der Waals surface area contributed by atoms with Gasteiger partial charge in [0.25, 0.3) is 0 Å². The molecule has 3 atom stereocenters. The van der Waals surface area contributed by atoms with E-state index >= 15 is 0 Å². The number of imide groups is 1. The Balaban J connectivity index is 1.33. The zero-order valence-electron chi connectivity index (χ0n) is 24.3. The molecule has 3 unspecified atom stereocenters. The summed E-state index contributed by atoms with van der Waals surface area (Å²) >= 11 is 0. The number of benzene rings is 3. The first-order valence-electron chi connectivity index (χ1n) is 14.4. The van der Waals surface area contributed by atoms with Crippen molar-refractivity contribution in [3.63, 3.8) is 0 Å². The second-order valence-corrected chi connectivity index (χ2v) is 10.8. The Morgan fingerprint density at radius 1 is 0.860 bits per heavy atom. The number of carbonyl (C=O) groups is 4. The van der Waals surface area contributed by atoms with Gasteiger partial charge in [-0.1, -0.05) is 30.3 Å². The molecule has 2 fully saturated rings. The highest BCUT2D eigenvalue weighted by atomic mass is 16.5. The third-order valence-electron chi connectivity index (χ3n) is 8.14. The Kier molecular flexibility index (Phi) is 9.24. The quantitative estimate of drug-likeness (QED) is 0.368. The van der Waals surface area contributed by atoms with Gasteiger partial charge in [0.05, 0.1) is 25.8 Å². The maximum absolute atomic E-state index is 13.9. The van der Waals surface area contributed by atoms with Gasteiger partial charge in [-0.3, -0.25) is 14.4 Å². The molecule has 1 heterocycles. The topological polar surface area (TPSA) is 117 Å². The maximum Gasteiger partial charge on any atom is 0.332 e. The minimum Gasteiger partial charge on any atom is -0.497 e. The molecule has 10 heteroatoms. The Morgan fingerprint density at radius 2 is 1.51 bits per heavy atom. The molecular formula is C33H36N4O6. The normalized spacial score (nSPS) is 19.8. The zero-order chi connectivity index (χ0) is 30.3. The van der Waals surface area contributed by atoms with E-state index in [0.717, 1.165) is 10.5 Å². The van der Waals surface area contributed by atoms with Gasteiger partial charge in [-0.2, -0.15) is 0 Å². The second kappa shape index (κ2) is 13.4. The largest absolute Gasteiger partial charge is 0.497 e. The fourth-order valence-corrected chi connectivity index (χ4v) is 5.85. The van der Waals surface area contributed by atoms with Crippen LogP contribution in [0.2, 0.25) is 0 Å². The summed E-state index contributed by atoms with van der Waals surface area (Å²) in [6, 6.07) is 22.3. The zero-order valence-corrected chi connectivity index (χ0v) is 24.3. The SMILES string of the molecule is COc1ccc(NC(=O)CN2C(=O)N(c3ccc(OC)cc3)C(=O)C3CCC(C(=O)NCCc4ccccc4)CC32)cc1. The molecule has 1 saturated carbocycles. The summed E-state index contributed by atoms with van der Waals surface area (Å²) < 4.78 is 10.4. The smallest absolute Gasteiger partial charge is 0.332 e. The molecule has 10 nitrogen and oxygen atoms in total. The van der Waals surface area contributed by atoms with E-state index in [9.17, 15) is 19.2 Å². The molecule has 0 bridgehead atoms. The van der Waals surface area contributed by atoms with E-state index in [1.165, 1.54) is 12.0 Å². The van der Waals surface area contributed by atoms with E-state index in [1.807, 2.05) is 30.3 Å². The Morgan fingerprint density at radius 3 is 2.16 bits per heavy atom. The highest BCUT2D eigenvalue weighted by molar-refractivity contribution is 6.17. The number of hydrogen-bond acceptors (Lipinski definition) is 6. The van der Waals surface area contributed by atoms with Gasteiger partial charge in [0.2, 0.25) is 17.7 Å². The first-order valence-corrected chi connectivity index (χ1v) is 14.4. The first-order chi connectivity index (χ1) is 20.9. The summed E-state index contributed by atoms with van der Waals surface area (Å²) in [5.74, 6) is -0.511. The third-order valence-corrected chi connectivity index (χ3v) is 8.14. The van der Waals surface area contributed by atoms with Gasteiger partial charge in [-0.05, 0) is 79.8 Å². The minimum atomic E-state index is -0.591. The van der Waals surface area contributed by atoms with Crippen LogP contribution in [0.3, 0.4) is 0 Å². The molecule has 0 aromatic heterocycles. The highest BCUT2D eigenvalue weighted by Crippen LogP contribution is 2.39. The predicted octanol–water partition coefficient (Wildman–Crippen LogP) is 4.25. The number of nitrogens with zero attached hydrogens (tertiary/aromatic N) is 2. The molecular weight excluding hydrogens is 548 g/mol. The molecule has 3 aromatic rings. The summed E-state index contributed by atoms with van der Waals surface area (Å²) in [5.41, 5.74) is 2.08. The average Bonchev–Trinajstić information content (AvgIpc) is 3.04. The van der Waals surface area contributed by atoms with Gasteiger partial charge in [0.1, 0.15) is 18.0 Å². The molecule has 43 heavy (non-hydrogen) atoms. The fraction of sp³-hybridized carbons (Fsp3) is 0.333. The molecule has 0 radical (unpaired) electrons. The Hall–Kier alpha value is -4.86. The van der Waals surface area contributed by atoms with Crippen LogP contribution in [0.25, 0.3) is 0 Å². The highest BCUT2D eigenvalue weighted by Gasteiger charge is 2.50. The van der Waals surface area contributed by atoms with Crippen LogP contribution in [-0.2, 0) is 20.8 Å². The minimum absolute atomic E-state index is 0.102. The standard InChI is InChI=1S/C33H36N4O6/c1-42-26-13-9-24(10-14-26)35-30(38)21-36-29-20-23(31(39)34-19-18-22-6-4-3-5-7-22)8-17-28(29)32(40)37(33(36)41)25-11-15-27(43-2)16-12-25/h3-7,9-16,23,28-29H,8,17-21H2,1-2H3,(H,34,39)(H,35,38). The number of urea groups is 1. The van der Waals surface area contributed by atoms with Gasteiger partial charge < -0.3 is 25.0 Å². The van der Waals surface area contributed by atoms with E-state index in [1.54, 1.807) is 55.6 Å². The summed E-state index contributed by atoms with van der Waals surface area (Å²) in [6.07, 6.45) is 1.94. The number of methoxy groups -OCH3 is 2. The van der Waals surface area contributed by atoms with Crippen molar-refractivity contribution in [1.29, 1.82) is 0 Å². The van der Waals surface area contributed by atoms with Crippen molar-refractivity contribution in [2.24, 2.45) is 11.8 Å². The number of nitrogens with one attached hydrogen (secondary N) is 2. The average molecular weight is 585 g/mol. The number of anilines is 2. The van der Waals surface area contributed by atoms with Crippen molar-refractivity contribution in [3.05, 3.63) is 84.4 Å². The van der Waals surface area contributed by atoms with Gasteiger partial charge in [0, 0.05) is 24.2 Å². The fourth-order valence-electron chi connectivity index (χ4n) is 5.85. The summed E-state index contributed by atoms with van der Waals surface area (Å²) in [4.78, 5) is 56.7.